The van der Waals surface area contributed by atoms with Gasteiger partial charge >= 0.3 is 0 Å². The van der Waals surface area contributed by atoms with Crippen molar-refractivity contribution in [3.05, 3.63) is 32.7 Å². The van der Waals surface area contributed by atoms with E-state index in [1.54, 1.807) is 11.0 Å². The van der Waals surface area contributed by atoms with E-state index >= 15 is 0 Å². The molecule has 1 aromatic rings. The molecule has 0 aliphatic rings. The molecule has 19 heavy (non-hydrogen) atoms. The zero-order chi connectivity index (χ0) is 14.6. The lowest BCUT2D eigenvalue weighted by Crippen LogP contribution is -2.38. The van der Waals surface area contributed by atoms with E-state index in [2.05, 4.69) is 31.9 Å². The Bertz CT molecular complexity index is 494. The van der Waals surface area contributed by atoms with Crippen molar-refractivity contribution < 1.29 is 4.79 Å². The molecule has 0 saturated carbocycles. The lowest BCUT2D eigenvalue weighted by Gasteiger charge is -2.24. The van der Waals surface area contributed by atoms with Crippen molar-refractivity contribution in [3.8, 4) is 0 Å². The molecule has 0 radical (unpaired) electrons. The monoisotopic (exact) mass is 406 g/mol. The summed E-state index contributed by atoms with van der Waals surface area (Å²) in [6.07, 6.45) is 0. The standard InChI is InChI=1S/C13H16Br2N2OS/c1-3-17(7-8(2)12(16)19)13(18)10-6-9(14)4-5-11(10)15/h4-6,8H,3,7H2,1-2H3,(H2,16,19). The second-order valence-electron chi connectivity index (χ2n) is 4.27. The van der Waals surface area contributed by atoms with Crippen molar-refractivity contribution in [2.24, 2.45) is 11.7 Å². The number of rotatable bonds is 5. The Morgan fingerprint density at radius 2 is 2.11 bits per heavy atom. The molecular weight excluding hydrogens is 392 g/mol. The van der Waals surface area contributed by atoms with Gasteiger partial charge < -0.3 is 10.6 Å². The minimum absolute atomic E-state index is 0.00447. The van der Waals surface area contributed by atoms with Gasteiger partial charge in [0.15, 0.2) is 0 Å². The van der Waals surface area contributed by atoms with Gasteiger partial charge in [-0.2, -0.15) is 0 Å². The smallest absolute Gasteiger partial charge is 0.255 e. The van der Waals surface area contributed by atoms with Gasteiger partial charge in [-0.25, -0.2) is 0 Å². The fraction of sp³-hybridized carbons (Fsp3) is 0.385. The normalized spacial score (nSPS) is 12.0. The van der Waals surface area contributed by atoms with E-state index < -0.39 is 0 Å². The molecule has 0 heterocycles. The van der Waals surface area contributed by atoms with E-state index in [-0.39, 0.29) is 11.8 Å². The average molecular weight is 408 g/mol. The molecule has 1 rings (SSSR count). The molecule has 0 bridgehead atoms. The summed E-state index contributed by atoms with van der Waals surface area (Å²) in [5.41, 5.74) is 6.24. The van der Waals surface area contributed by atoms with Crippen LogP contribution in [0.5, 0.6) is 0 Å². The number of thiocarbonyl (C=S) groups is 1. The Morgan fingerprint density at radius 1 is 1.47 bits per heavy atom. The molecule has 1 atom stereocenters. The van der Waals surface area contributed by atoms with E-state index in [1.165, 1.54) is 0 Å². The van der Waals surface area contributed by atoms with Crippen LogP contribution in [0.3, 0.4) is 0 Å². The first-order chi connectivity index (χ1) is 8.86. The maximum atomic E-state index is 12.5. The number of hydrogen-bond acceptors (Lipinski definition) is 2. The Balaban J connectivity index is 2.95. The molecule has 0 saturated heterocycles. The number of nitrogens with zero attached hydrogens (tertiary/aromatic N) is 1. The van der Waals surface area contributed by atoms with E-state index in [9.17, 15) is 4.79 Å². The second kappa shape index (κ2) is 7.36. The summed E-state index contributed by atoms with van der Waals surface area (Å²) in [7, 11) is 0. The number of nitrogens with two attached hydrogens (primary N) is 1. The zero-order valence-corrected chi connectivity index (χ0v) is 14.8. The molecule has 6 heteroatoms. The molecule has 0 spiro atoms. The highest BCUT2D eigenvalue weighted by Crippen LogP contribution is 2.23. The molecule has 3 nitrogen and oxygen atoms in total. The number of hydrogen-bond donors (Lipinski definition) is 1. The topological polar surface area (TPSA) is 46.3 Å². The molecule has 104 valence electrons. The Hall–Kier alpha value is -0.460. The third-order valence-corrected chi connectivity index (χ3v) is 4.39. The highest BCUT2D eigenvalue weighted by molar-refractivity contribution is 9.11. The van der Waals surface area contributed by atoms with Gasteiger partial charge in [0.2, 0.25) is 0 Å². The van der Waals surface area contributed by atoms with E-state index in [0.717, 1.165) is 8.95 Å². The minimum atomic E-state index is -0.0289. The van der Waals surface area contributed by atoms with Gasteiger partial charge in [0.1, 0.15) is 0 Å². The Kier molecular flexibility index (Phi) is 6.42. The third kappa shape index (κ3) is 4.54. The predicted molar refractivity (Wildman–Crippen MR) is 89.4 cm³/mol. The van der Waals surface area contributed by atoms with Crippen LogP contribution >= 0.6 is 44.1 Å². The first-order valence-corrected chi connectivity index (χ1v) is 7.89. The highest BCUT2D eigenvalue weighted by Gasteiger charge is 2.20. The van der Waals surface area contributed by atoms with Gasteiger partial charge in [-0.05, 0) is 41.1 Å². The number of halogens is 2. The molecule has 0 fully saturated rings. The van der Waals surface area contributed by atoms with Gasteiger partial charge in [-0.15, -0.1) is 0 Å². The highest BCUT2D eigenvalue weighted by atomic mass is 79.9. The molecule has 1 aromatic carbocycles. The largest absolute Gasteiger partial charge is 0.393 e. The van der Waals surface area contributed by atoms with Crippen LogP contribution in [-0.4, -0.2) is 28.9 Å². The van der Waals surface area contributed by atoms with Gasteiger partial charge in [0.05, 0.1) is 10.6 Å². The number of carbonyl (C=O) groups is 1. The van der Waals surface area contributed by atoms with Crippen LogP contribution in [0.25, 0.3) is 0 Å². The number of carbonyl (C=O) groups excluding carboxylic acids is 1. The van der Waals surface area contributed by atoms with Crippen molar-refractivity contribution in [3.63, 3.8) is 0 Å². The van der Waals surface area contributed by atoms with Crippen molar-refractivity contribution >= 4 is 55.0 Å². The average Bonchev–Trinajstić information content (AvgIpc) is 2.37. The summed E-state index contributed by atoms with van der Waals surface area (Å²) in [5, 5.41) is 0. The number of amides is 1. The van der Waals surface area contributed by atoms with Crippen molar-refractivity contribution in [1.29, 1.82) is 0 Å². The van der Waals surface area contributed by atoms with Crippen LogP contribution in [0, 0.1) is 5.92 Å². The maximum absolute atomic E-state index is 12.5. The Morgan fingerprint density at radius 3 is 2.63 bits per heavy atom. The van der Waals surface area contributed by atoms with E-state index in [4.69, 9.17) is 18.0 Å². The summed E-state index contributed by atoms with van der Waals surface area (Å²) < 4.78 is 1.65. The van der Waals surface area contributed by atoms with E-state index in [0.29, 0.717) is 23.6 Å². The maximum Gasteiger partial charge on any atom is 0.255 e. The van der Waals surface area contributed by atoms with Crippen LogP contribution in [0.2, 0.25) is 0 Å². The van der Waals surface area contributed by atoms with Crippen LogP contribution in [0.4, 0.5) is 0 Å². The molecule has 0 aromatic heterocycles. The van der Waals surface area contributed by atoms with Crippen LogP contribution in [0.1, 0.15) is 24.2 Å². The predicted octanol–water partition coefficient (Wildman–Crippen LogP) is 3.60. The summed E-state index contributed by atoms with van der Waals surface area (Å²) in [6, 6.07) is 5.54. The van der Waals surface area contributed by atoms with Crippen LogP contribution in [0.15, 0.2) is 27.1 Å². The SMILES string of the molecule is CCN(CC(C)C(N)=S)C(=O)c1cc(Br)ccc1Br. The van der Waals surface area contributed by atoms with Gasteiger partial charge in [0, 0.05) is 28.0 Å². The molecule has 1 amide bonds. The number of benzene rings is 1. The lowest BCUT2D eigenvalue weighted by atomic mass is 10.1. The second-order valence-corrected chi connectivity index (χ2v) is 6.51. The van der Waals surface area contributed by atoms with Gasteiger partial charge in [0.25, 0.3) is 5.91 Å². The first-order valence-electron chi connectivity index (χ1n) is 5.90. The Labute approximate surface area is 135 Å². The van der Waals surface area contributed by atoms with Gasteiger partial charge in [-0.3, -0.25) is 4.79 Å². The molecular formula is C13H16Br2N2OS. The summed E-state index contributed by atoms with van der Waals surface area (Å²) in [4.78, 5) is 14.7. The van der Waals surface area contributed by atoms with Crippen LogP contribution in [-0.2, 0) is 0 Å². The van der Waals surface area contributed by atoms with E-state index in [1.807, 2.05) is 26.0 Å². The minimum Gasteiger partial charge on any atom is -0.393 e. The van der Waals surface area contributed by atoms with Gasteiger partial charge in [-0.1, -0.05) is 35.1 Å². The molecule has 1 unspecified atom stereocenters. The fourth-order valence-corrected chi connectivity index (χ4v) is 2.46. The third-order valence-electron chi connectivity index (χ3n) is 2.81. The first kappa shape index (κ1) is 16.6. The van der Waals surface area contributed by atoms with Crippen LogP contribution < -0.4 is 5.73 Å². The fourth-order valence-electron chi connectivity index (χ4n) is 1.61. The summed E-state index contributed by atoms with van der Waals surface area (Å²) in [5.74, 6) is -0.0244. The summed E-state index contributed by atoms with van der Waals surface area (Å²) in [6.45, 7) is 5.01. The lowest BCUT2D eigenvalue weighted by molar-refractivity contribution is 0.0754. The molecule has 0 aliphatic heterocycles. The zero-order valence-electron chi connectivity index (χ0n) is 10.8. The quantitative estimate of drug-likeness (QED) is 0.758. The van der Waals surface area contributed by atoms with Crippen molar-refractivity contribution in [2.75, 3.05) is 13.1 Å². The van der Waals surface area contributed by atoms with Crippen molar-refractivity contribution in [2.45, 2.75) is 13.8 Å². The molecule has 0 aliphatic carbocycles. The molecule has 2 N–H and O–H groups in total. The summed E-state index contributed by atoms with van der Waals surface area (Å²) >= 11 is 11.7. The van der Waals surface area contributed by atoms with Crippen molar-refractivity contribution in [1.82, 2.24) is 4.90 Å².